The minimum Gasteiger partial charge on any atom is -0.455 e. The van der Waals surface area contributed by atoms with Gasteiger partial charge in [0.15, 0.2) is 0 Å². The van der Waals surface area contributed by atoms with Gasteiger partial charge in [-0.3, -0.25) is 0 Å². The van der Waals surface area contributed by atoms with Crippen LogP contribution >= 0.6 is 11.3 Å². The Bertz CT molecular complexity index is 4210. The van der Waals surface area contributed by atoms with Crippen molar-refractivity contribution in [3.63, 3.8) is 0 Å². The van der Waals surface area contributed by atoms with E-state index in [1.165, 1.54) is 75.0 Å². The van der Waals surface area contributed by atoms with Gasteiger partial charge in [0, 0.05) is 59.0 Å². The van der Waals surface area contributed by atoms with Gasteiger partial charge in [-0.2, -0.15) is 0 Å². The lowest BCUT2D eigenvalue weighted by Crippen LogP contribution is -2.10. The summed E-state index contributed by atoms with van der Waals surface area (Å²) in [6, 6.07) is 88.1. The van der Waals surface area contributed by atoms with E-state index in [2.05, 4.69) is 252 Å². The molecule has 0 spiro atoms. The molecule has 0 atom stereocenters. The van der Waals surface area contributed by atoms with Crippen LogP contribution in [0.5, 0.6) is 0 Å². The zero-order chi connectivity index (χ0) is 44.7. The van der Waals surface area contributed by atoms with Gasteiger partial charge in [-0.15, -0.1) is 11.3 Å². The first-order valence-electron chi connectivity index (χ1n) is 23.2. The molecule has 0 radical (unpaired) electrons. The molecule has 0 bridgehead atoms. The molecule has 0 aliphatic heterocycles. The van der Waals surface area contributed by atoms with Crippen LogP contribution in [0.2, 0.25) is 0 Å². The number of nitrogens with zero attached hydrogens (tertiary/aromatic N) is 2. The predicted molar refractivity (Wildman–Crippen MR) is 289 cm³/mol. The number of para-hydroxylation sites is 3. The van der Waals surface area contributed by atoms with Crippen molar-refractivity contribution < 1.29 is 4.42 Å². The van der Waals surface area contributed by atoms with E-state index in [-0.39, 0.29) is 0 Å². The van der Waals surface area contributed by atoms with E-state index >= 15 is 0 Å². The van der Waals surface area contributed by atoms with E-state index in [1.807, 2.05) is 11.3 Å². The summed E-state index contributed by atoms with van der Waals surface area (Å²) in [4.78, 5) is 2.40. The fourth-order valence-electron chi connectivity index (χ4n) is 10.6. The van der Waals surface area contributed by atoms with Crippen molar-refractivity contribution in [1.82, 2.24) is 4.57 Å². The maximum absolute atomic E-state index is 6.99. The molecular weight excluding hydrogens is 845 g/mol. The van der Waals surface area contributed by atoms with Crippen LogP contribution in [-0.2, 0) is 0 Å². The number of furan rings is 1. The van der Waals surface area contributed by atoms with E-state index in [4.69, 9.17) is 4.42 Å². The first kappa shape index (κ1) is 38.6. The van der Waals surface area contributed by atoms with Crippen molar-refractivity contribution in [3.05, 3.63) is 243 Å². The van der Waals surface area contributed by atoms with Gasteiger partial charge in [0.2, 0.25) is 0 Å². The van der Waals surface area contributed by atoms with Gasteiger partial charge < -0.3 is 13.9 Å². The summed E-state index contributed by atoms with van der Waals surface area (Å²) in [7, 11) is 0. The highest BCUT2D eigenvalue weighted by Crippen LogP contribution is 2.48. The van der Waals surface area contributed by atoms with Crippen LogP contribution in [0.25, 0.3) is 114 Å². The van der Waals surface area contributed by atoms with E-state index in [9.17, 15) is 0 Å². The molecule has 0 saturated carbocycles. The number of benzene rings is 11. The Labute approximate surface area is 396 Å². The lowest BCUT2D eigenvalue weighted by Gasteiger charge is -2.27. The summed E-state index contributed by atoms with van der Waals surface area (Å²) in [5.41, 5.74) is 15.3. The number of anilines is 3. The molecule has 11 aromatic carbocycles. The molecule has 0 N–H and O–H groups in total. The Balaban J connectivity index is 0.943. The summed E-state index contributed by atoms with van der Waals surface area (Å²) in [5, 5.41) is 9.71. The fraction of sp³-hybridized carbons (Fsp3) is 0. The molecule has 14 aromatic rings. The minimum atomic E-state index is 0.855. The third kappa shape index (κ3) is 6.12. The predicted octanol–water partition coefficient (Wildman–Crippen LogP) is 18.7. The van der Waals surface area contributed by atoms with Crippen molar-refractivity contribution in [1.29, 1.82) is 0 Å². The van der Waals surface area contributed by atoms with Gasteiger partial charge >= 0.3 is 0 Å². The Morgan fingerprint density at radius 3 is 1.78 bits per heavy atom. The molecule has 14 rings (SSSR count). The maximum Gasteiger partial charge on any atom is 0.145 e. The fourth-order valence-corrected chi connectivity index (χ4v) is 11.8. The molecule has 0 aliphatic carbocycles. The van der Waals surface area contributed by atoms with Crippen LogP contribution in [-0.4, -0.2) is 4.57 Å². The van der Waals surface area contributed by atoms with Crippen LogP contribution in [0.3, 0.4) is 0 Å². The summed E-state index contributed by atoms with van der Waals surface area (Å²) in [6.07, 6.45) is 0. The summed E-state index contributed by atoms with van der Waals surface area (Å²) < 4.78 is 12.0. The van der Waals surface area contributed by atoms with Gasteiger partial charge in [0.25, 0.3) is 0 Å². The van der Waals surface area contributed by atoms with Crippen molar-refractivity contribution >= 4 is 103 Å². The molecule has 3 nitrogen and oxygen atoms in total. The molecule has 4 heteroatoms. The highest BCUT2D eigenvalue weighted by atomic mass is 32.1. The van der Waals surface area contributed by atoms with Crippen LogP contribution < -0.4 is 4.90 Å². The lowest BCUT2D eigenvalue weighted by molar-refractivity contribution is 0.670. The van der Waals surface area contributed by atoms with Crippen LogP contribution in [0.4, 0.5) is 17.1 Å². The number of rotatable bonds is 7. The lowest BCUT2D eigenvalue weighted by atomic mass is 9.98. The maximum atomic E-state index is 6.99. The van der Waals surface area contributed by atoms with Crippen LogP contribution in [0.1, 0.15) is 0 Å². The summed E-state index contributed by atoms with van der Waals surface area (Å²) in [6.45, 7) is 0. The number of hydrogen-bond acceptors (Lipinski definition) is 3. The van der Waals surface area contributed by atoms with E-state index in [1.54, 1.807) is 0 Å². The number of hydrogen-bond donors (Lipinski definition) is 0. The van der Waals surface area contributed by atoms with Crippen molar-refractivity contribution in [2.75, 3.05) is 4.90 Å². The monoisotopic (exact) mass is 884 g/mol. The molecular formula is C64H40N2OS. The quantitative estimate of drug-likeness (QED) is 0.159. The Morgan fingerprint density at radius 1 is 0.382 bits per heavy atom. The number of fused-ring (bicyclic) bond motifs is 10. The average Bonchev–Trinajstić information content (AvgIpc) is 4.10. The van der Waals surface area contributed by atoms with Gasteiger partial charge in [-0.05, 0) is 117 Å². The second-order valence-corrected chi connectivity index (χ2v) is 18.7. The van der Waals surface area contributed by atoms with Gasteiger partial charge in [-0.1, -0.05) is 164 Å². The molecule has 0 fully saturated rings. The molecule has 68 heavy (non-hydrogen) atoms. The third-order valence-electron chi connectivity index (χ3n) is 13.8. The molecule has 0 unspecified atom stereocenters. The first-order chi connectivity index (χ1) is 33.7. The summed E-state index contributed by atoms with van der Waals surface area (Å²) >= 11 is 1.87. The normalized spacial score (nSPS) is 11.8. The third-order valence-corrected chi connectivity index (χ3v) is 15.0. The van der Waals surface area contributed by atoms with Crippen molar-refractivity contribution in [2.24, 2.45) is 0 Å². The Hall–Kier alpha value is -8.70. The Kier molecular flexibility index (Phi) is 8.76. The van der Waals surface area contributed by atoms with E-state index in [0.29, 0.717) is 0 Å². The molecule has 0 amide bonds. The smallest absolute Gasteiger partial charge is 0.145 e. The molecule has 3 aromatic heterocycles. The average molecular weight is 885 g/mol. The molecule has 3 heterocycles. The second-order valence-electron chi connectivity index (χ2n) is 17.6. The number of thiophene rings is 1. The molecule has 318 valence electrons. The van der Waals surface area contributed by atoms with E-state index < -0.39 is 0 Å². The molecule has 0 saturated heterocycles. The SMILES string of the molecule is c1cc(-c2ccc(N(c3ccc(-c4ccc5ccccc5c4)cc3)c3ccc(-c4cccc5c4sc4ccccc45)cc3)c3c2oc2ccccc23)cc(-n2c3ccccc3c3ccccc32)c1. The van der Waals surface area contributed by atoms with Gasteiger partial charge in [-0.25, -0.2) is 0 Å². The largest absolute Gasteiger partial charge is 0.455 e. The van der Waals surface area contributed by atoms with E-state index in [0.717, 1.165) is 55.8 Å². The minimum absolute atomic E-state index is 0.855. The number of aromatic nitrogens is 1. The zero-order valence-electron chi connectivity index (χ0n) is 36.8. The van der Waals surface area contributed by atoms with Crippen molar-refractivity contribution in [3.8, 4) is 39.1 Å². The zero-order valence-corrected chi connectivity index (χ0v) is 37.6. The standard InChI is InChI=1S/C64H40N2OS/c1-2-14-44-39-45(28-27-41(44)13-1)42-29-33-47(34-30-42)65(48-35-31-43(32-36-48)51-21-12-22-55-54-19-6-10-26-61(54)68-64(51)55)59-38-37-50(63-62(59)56-20-5-9-25-60(56)67-63)46-15-11-16-49(40-46)66-57-23-7-3-17-52(57)53-18-4-8-24-58(53)66/h1-40H. The van der Waals surface area contributed by atoms with Crippen molar-refractivity contribution in [2.45, 2.75) is 0 Å². The van der Waals surface area contributed by atoms with Gasteiger partial charge in [0.1, 0.15) is 11.2 Å². The topological polar surface area (TPSA) is 21.3 Å². The van der Waals surface area contributed by atoms with Crippen LogP contribution in [0.15, 0.2) is 247 Å². The van der Waals surface area contributed by atoms with Crippen LogP contribution in [0, 0.1) is 0 Å². The summed E-state index contributed by atoms with van der Waals surface area (Å²) in [5.74, 6) is 0. The highest BCUT2D eigenvalue weighted by molar-refractivity contribution is 7.26. The molecule has 0 aliphatic rings. The highest BCUT2D eigenvalue weighted by Gasteiger charge is 2.23. The second kappa shape index (κ2) is 15.5. The Morgan fingerprint density at radius 2 is 1.00 bits per heavy atom. The van der Waals surface area contributed by atoms with Gasteiger partial charge in [0.05, 0.1) is 22.1 Å². The first-order valence-corrected chi connectivity index (χ1v) is 24.0.